The van der Waals surface area contributed by atoms with E-state index in [1.165, 1.54) is 0 Å². The lowest BCUT2D eigenvalue weighted by Crippen LogP contribution is -2.27. The van der Waals surface area contributed by atoms with Gasteiger partial charge in [0.1, 0.15) is 12.9 Å². The van der Waals surface area contributed by atoms with Crippen LogP contribution < -0.4 is 0 Å². The summed E-state index contributed by atoms with van der Waals surface area (Å²) in [5.74, 6) is -0.0569. The lowest BCUT2D eigenvalue weighted by molar-refractivity contribution is -0.112. The van der Waals surface area contributed by atoms with Crippen LogP contribution in [0.4, 0.5) is 0 Å². The molecule has 0 aliphatic rings. The zero-order valence-corrected chi connectivity index (χ0v) is 13.5. The van der Waals surface area contributed by atoms with Crippen LogP contribution >= 0.6 is 0 Å². The van der Waals surface area contributed by atoms with Crippen molar-refractivity contribution in [2.75, 3.05) is 13.7 Å². The molecule has 0 radical (unpaired) electrons. The molecule has 0 aromatic heterocycles. The van der Waals surface area contributed by atoms with Gasteiger partial charge in [-0.1, -0.05) is 48.0 Å². The Morgan fingerprint density at radius 1 is 1.17 bits per heavy atom. The largest absolute Gasteiger partial charge is 0.369 e. The first-order valence-corrected chi connectivity index (χ1v) is 7.52. The van der Waals surface area contributed by atoms with Crippen LogP contribution in [0, 0.1) is 6.92 Å². The van der Waals surface area contributed by atoms with Crippen molar-refractivity contribution in [3.63, 3.8) is 0 Å². The minimum absolute atomic E-state index is 0.0292. The van der Waals surface area contributed by atoms with E-state index in [0.29, 0.717) is 18.4 Å². The van der Waals surface area contributed by atoms with Crippen molar-refractivity contribution in [1.29, 1.82) is 0 Å². The van der Waals surface area contributed by atoms with Gasteiger partial charge in [-0.05, 0) is 24.1 Å². The predicted octanol–water partition coefficient (Wildman–Crippen LogP) is 2.98. The Labute approximate surface area is 136 Å². The molecular formula is C19H21NO3. The summed E-state index contributed by atoms with van der Waals surface area (Å²) in [6, 6.07) is 15.5. The Bertz CT molecular complexity index is 668. The van der Waals surface area contributed by atoms with Crippen LogP contribution in [0.1, 0.15) is 27.0 Å². The standard InChI is InChI=1S/C19H21NO3/c1-15-8-9-18(17(12-15)14-23-11-10-21)19(22)20(2)13-16-6-4-3-5-7-16/h3-10,12H,11,13-14H2,1-2H3. The molecule has 0 fully saturated rings. The summed E-state index contributed by atoms with van der Waals surface area (Å²) in [7, 11) is 1.78. The van der Waals surface area contributed by atoms with Gasteiger partial charge in [0, 0.05) is 19.2 Å². The number of rotatable bonds is 7. The van der Waals surface area contributed by atoms with Gasteiger partial charge < -0.3 is 14.4 Å². The van der Waals surface area contributed by atoms with Gasteiger partial charge in [-0.15, -0.1) is 0 Å². The number of hydrogen-bond donors (Lipinski definition) is 0. The molecule has 0 aliphatic heterocycles. The monoisotopic (exact) mass is 311 g/mol. The fourth-order valence-electron chi connectivity index (χ4n) is 2.40. The van der Waals surface area contributed by atoms with E-state index in [1.54, 1.807) is 11.9 Å². The van der Waals surface area contributed by atoms with Crippen molar-refractivity contribution >= 4 is 12.2 Å². The van der Waals surface area contributed by atoms with Crippen molar-refractivity contribution in [3.05, 3.63) is 70.8 Å². The highest BCUT2D eigenvalue weighted by atomic mass is 16.5. The SMILES string of the molecule is Cc1ccc(C(=O)N(C)Cc2ccccc2)c(COCC=O)c1. The van der Waals surface area contributed by atoms with Gasteiger partial charge in [-0.3, -0.25) is 4.79 Å². The summed E-state index contributed by atoms with van der Waals surface area (Å²) in [5, 5.41) is 0. The van der Waals surface area contributed by atoms with Crippen molar-refractivity contribution < 1.29 is 14.3 Å². The minimum atomic E-state index is -0.0569. The molecule has 0 spiro atoms. The highest BCUT2D eigenvalue weighted by Gasteiger charge is 2.16. The fourth-order valence-corrected chi connectivity index (χ4v) is 2.40. The first-order chi connectivity index (χ1) is 11.1. The first-order valence-electron chi connectivity index (χ1n) is 7.52. The second kappa shape index (κ2) is 8.25. The summed E-state index contributed by atoms with van der Waals surface area (Å²) in [4.78, 5) is 24.8. The Hall–Kier alpha value is -2.46. The third-order valence-corrected chi connectivity index (χ3v) is 3.54. The van der Waals surface area contributed by atoms with Gasteiger partial charge in [0.05, 0.1) is 6.61 Å². The molecule has 4 nitrogen and oxygen atoms in total. The van der Waals surface area contributed by atoms with E-state index in [0.717, 1.165) is 16.7 Å². The van der Waals surface area contributed by atoms with Crippen LogP contribution in [-0.4, -0.2) is 30.7 Å². The maximum absolute atomic E-state index is 12.7. The number of nitrogens with zero attached hydrogens (tertiary/aromatic N) is 1. The van der Waals surface area contributed by atoms with E-state index in [-0.39, 0.29) is 19.1 Å². The van der Waals surface area contributed by atoms with Crippen molar-refractivity contribution in [3.8, 4) is 0 Å². The molecule has 120 valence electrons. The van der Waals surface area contributed by atoms with Gasteiger partial charge in [-0.25, -0.2) is 0 Å². The number of ether oxygens (including phenoxy) is 1. The van der Waals surface area contributed by atoms with Gasteiger partial charge in [0.2, 0.25) is 0 Å². The quantitative estimate of drug-likeness (QED) is 0.583. The molecule has 23 heavy (non-hydrogen) atoms. The molecule has 0 saturated heterocycles. The van der Waals surface area contributed by atoms with Gasteiger partial charge in [0.25, 0.3) is 5.91 Å². The number of carbonyl (C=O) groups excluding carboxylic acids is 2. The molecule has 0 unspecified atom stereocenters. The summed E-state index contributed by atoms with van der Waals surface area (Å²) in [5.41, 5.74) is 3.54. The lowest BCUT2D eigenvalue weighted by Gasteiger charge is -2.19. The Morgan fingerprint density at radius 3 is 2.61 bits per heavy atom. The number of aryl methyl sites for hydroxylation is 1. The van der Waals surface area contributed by atoms with Crippen LogP contribution in [0.3, 0.4) is 0 Å². The molecule has 1 amide bonds. The molecule has 0 bridgehead atoms. The second-order valence-electron chi connectivity index (χ2n) is 5.49. The van der Waals surface area contributed by atoms with Crippen molar-refractivity contribution in [1.82, 2.24) is 4.90 Å². The maximum atomic E-state index is 12.7. The third-order valence-electron chi connectivity index (χ3n) is 3.54. The topological polar surface area (TPSA) is 46.6 Å². The summed E-state index contributed by atoms with van der Waals surface area (Å²) >= 11 is 0. The van der Waals surface area contributed by atoms with Crippen molar-refractivity contribution in [2.45, 2.75) is 20.1 Å². The molecule has 4 heteroatoms. The number of benzene rings is 2. The Kier molecular flexibility index (Phi) is 6.06. The summed E-state index contributed by atoms with van der Waals surface area (Å²) in [6.07, 6.45) is 0.707. The Balaban J connectivity index is 2.15. The van der Waals surface area contributed by atoms with Gasteiger partial charge >= 0.3 is 0 Å². The molecule has 0 saturated carbocycles. The molecule has 0 N–H and O–H groups in total. The van der Waals surface area contributed by atoms with E-state index in [9.17, 15) is 9.59 Å². The van der Waals surface area contributed by atoms with Crippen LogP contribution in [0.2, 0.25) is 0 Å². The molecule has 0 aliphatic carbocycles. The van der Waals surface area contributed by atoms with Gasteiger partial charge in [0.15, 0.2) is 0 Å². The summed E-state index contributed by atoms with van der Waals surface area (Å²) in [6.45, 7) is 2.79. The molecule has 2 aromatic rings. The minimum Gasteiger partial charge on any atom is -0.369 e. The second-order valence-corrected chi connectivity index (χ2v) is 5.49. The number of aldehydes is 1. The van der Waals surface area contributed by atoms with E-state index in [2.05, 4.69) is 0 Å². The van der Waals surface area contributed by atoms with Crippen LogP contribution in [0.5, 0.6) is 0 Å². The normalized spacial score (nSPS) is 10.3. The van der Waals surface area contributed by atoms with E-state index in [4.69, 9.17) is 4.74 Å². The zero-order chi connectivity index (χ0) is 16.7. The highest BCUT2D eigenvalue weighted by Crippen LogP contribution is 2.16. The molecule has 2 aromatic carbocycles. The van der Waals surface area contributed by atoms with Crippen LogP contribution in [0.25, 0.3) is 0 Å². The molecule has 2 rings (SSSR count). The van der Waals surface area contributed by atoms with Crippen molar-refractivity contribution in [2.24, 2.45) is 0 Å². The smallest absolute Gasteiger partial charge is 0.254 e. The summed E-state index contributed by atoms with van der Waals surface area (Å²) < 4.78 is 5.27. The maximum Gasteiger partial charge on any atom is 0.254 e. The van der Waals surface area contributed by atoms with E-state index in [1.807, 2.05) is 55.5 Å². The average Bonchev–Trinajstić information content (AvgIpc) is 2.55. The first kappa shape index (κ1) is 16.9. The fraction of sp³-hybridized carbons (Fsp3) is 0.263. The molecule has 0 atom stereocenters. The van der Waals surface area contributed by atoms with E-state index < -0.39 is 0 Å². The lowest BCUT2D eigenvalue weighted by atomic mass is 10.0. The number of hydrogen-bond acceptors (Lipinski definition) is 3. The van der Waals surface area contributed by atoms with E-state index >= 15 is 0 Å². The van der Waals surface area contributed by atoms with Gasteiger partial charge in [-0.2, -0.15) is 0 Å². The third kappa shape index (κ3) is 4.76. The molecular weight excluding hydrogens is 290 g/mol. The van der Waals surface area contributed by atoms with Crippen LogP contribution in [-0.2, 0) is 22.7 Å². The zero-order valence-electron chi connectivity index (χ0n) is 13.5. The van der Waals surface area contributed by atoms with Crippen LogP contribution in [0.15, 0.2) is 48.5 Å². The number of amides is 1. The highest BCUT2D eigenvalue weighted by molar-refractivity contribution is 5.95. The number of carbonyl (C=O) groups is 2. The predicted molar refractivity (Wildman–Crippen MR) is 89.1 cm³/mol. The average molecular weight is 311 g/mol. The Morgan fingerprint density at radius 2 is 1.91 bits per heavy atom. The molecule has 0 heterocycles.